The number of nitrogens with zero attached hydrogens (tertiary/aromatic N) is 2. The highest BCUT2D eigenvalue weighted by atomic mass is 16.2. The normalized spacial score (nSPS) is 17.9. The Morgan fingerprint density at radius 2 is 2.15 bits per heavy atom. The maximum absolute atomic E-state index is 12.1. The fraction of sp³-hybridized carbons (Fsp3) is 0.688. The molecule has 1 unspecified atom stereocenters. The molecule has 0 aliphatic heterocycles. The number of hydrogen-bond acceptors (Lipinski definition) is 2. The molecular formula is C16H27N3O. The van der Waals surface area contributed by atoms with Crippen LogP contribution >= 0.6 is 0 Å². The van der Waals surface area contributed by atoms with Crippen LogP contribution in [-0.2, 0) is 17.8 Å². The molecule has 0 radical (unpaired) electrons. The van der Waals surface area contributed by atoms with Gasteiger partial charge >= 0.3 is 0 Å². The van der Waals surface area contributed by atoms with Crippen molar-refractivity contribution in [3.63, 3.8) is 0 Å². The number of aromatic nitrogens is 1. The fourth-order valence-corrected chi connectivity index (χ4v) is 3.25. The van der Waals surface area contributed by atoms with E-state index < -0.39 is 0 Å². The van der Waals surface area contributed by atoms with E-state index >= 15 is 0 Å². The van der Waals surface area contributed by atoms with Crippen molar-refractivity contribution in [2.24, 2.45) is 5.73 Å². The molecule has 112 valence electrons. The van der Waals surface area contributed by atoms with Gasteiger partial charge in [-0.15, -0.1) is 0 Å². The van der Waals surface area contributed by atoms with Gasteiger partial charge in [0.25, 0.3) is 0 Å². The third kappa shape index (κ3) is 2.90. The summed E-state index contributed by atoms with van der Waals surface area (Å²) in [5.41, 5.74) is 10.1. The Labute approximate surface area is 121 Å². The molecule has 1 aliphatic rings. The van der Waals surface area contributed by atoms with Gasteiger partial charge in [-0.2, -0.15) is 0 Å². The number of nitrogens with two attached hydrogens (primary N) is 1. The molecule has 0 aromatic carbocycles. The number of rotatable bonds is 5. The van der Waals surface area contributed by atoms with E-state index in [-0.39, 0.29) is 11.9 Å². The van der Waals surface area contributed by atoms with Crippen LogP contribution in [0.2, 0.25) is 0 Å². The van der Waals surface area contributed by atoms with Crippen molar-refractivity contribution < 1.29 is 4.79 Å². The molecular weight excluding hydrogens is 250 g/mol. The molecule has 1 atom stereocenters. The molecule has 1 aromatic rings. The summed E-state index contributed by atoms with van der Waals surface area (Å²) in [6.07, 6.45) is 3.91. The van der Waals surface area contributed by atoms with Crippen molar-refractivity contribution in [1.29, 1.82) is 0 Å². The number of hydrogen-bond donors (Lipinski definition) is 1. The van der Waals surface area contributed by atoms with Gasteiger partial charge in [0.1, 0.15) is 0 Å². The van der Waals surface area contributed by atoms with Gasteiger partial charge in [-0.1, -0.05) is 0 Å². The summed E-state index contributed by atoms with van der Waals surface area (Å²) in [7, 11) is 0. The molecule has 1 amide bonds. The molecule has 1 heterocycles. The second-order valence-electron chi connectivity index (χ2n) is 5.65. The first-order valence-corrected chi connectivity index (χ1v) is 7.80. The second-order valence-corrected chi connectivity index (χ2v) is 5.65. The first-order chi connectivity index (χ1) is 9.58. The van der Waals surface area contributed by atoms with Gasteiger partial charge in [-0.3, -0.25) is 4.79 Å². The van der Waals surface area contributed by atoms with Crippen LogP contribution in [0, 0.1) is 6.92 Å². The van der Waals surface area contributed by atoms with Crippen molar-refractivity contribution in [3.05, 3.63) is 23.0 Å². The Kier molecular flexibility index (Phi) is 4.86. The van der Waals surface area contributed by atoms with E-state index in [1.165, 1.54) is 17.0 Å². The maximum atomic E-state index is 12.1. The van der Waals surface area contributed by atoms with E-state index in [0.29, 0.717) is 6.42 Å². The van der Waals surface area contributed by atoms with Crippen LogP contribution in [0.4, 0.5) is 0 Å². The summed E-state index contributed by atoms with van der Waals surface area (Å²) < 4.78 is 2.30. The molecule has 0 fully saturated rings. The third-order valence-corrected chi connectivity index (χ3v) is 4.44. The summed E-state index contributed by atoms with van der Waals surface area (Å²) in [4.78, 5) is 14.0. The highest BCUT2D eigenvalue weighted by molar-refractivity contribution is 5.76. The Hall–Kier alpha value is -1.29. The van der Waals surface area contributed by atoms with Crippen LogP contribution in [0.3, 0.4) is 0 Å². The quantitative estimate of drug-likeness (QED) is 0.898. The van der Waals surface area contributed by atoms with Gasteiger partial charge in [-0.25, -0.2) is 0 Å². The van der Waals surface area contributed by atoms with Crippen molar-refractivity contribution >= 4 is 5.91 Å². The fourth-order valence-electron chi connectivity index (χ4n) is 3.25. The number of amides is 1. The van der Waals surface area contributed by atoms with E-state index in [4.69, 9.17) is 5.73 Å². The number of aryl methyl sites for hydroxylation is 1. The molecule has 1 aromatic heterocycles. The van der Waals surface area contributed by atoms with Crippen LogP contribution in [0.25, 0.3) is 0 Å². The molecule has 2 N–H and O–H groups in total. The smallest absolute Gasteiger partial charge is 0.224 e. The van der Waals surface area contributed by atoms with E-state index in [0.717, 1.165) is 38.9 Å². The van der Waals surface area contributed by atoms with Crippen LogP contribution in [-0.4, -0.2) is 28.5 Å². The molecule has 0 saturated heterocycles. The summed E-state index contributed by atoms with van der Waals surface area (Å²) in [6.45, 7) is 8.55. The van der Waals surface area contributed by atoms with Gasteiger partial charge < -0.3 is 15.2 Å². The lowest BCUT2D eigenvalue weighted by Gasteiger charge is -2.22. The van der Waals surface area contributed by atoms with Crippen molar-refractivity contribution in [2.75, 3.05) is 13.1 Å². The molecule has 4 heteroatoms. The molecule has 4 nitrogen and oxygen atoms in total. The zero-order valence-corrected chi connectivity index (χ0v) is 13.0. The molecule has 20 heavy (non-hydrogen) atoms. The van der Waals surface area contributed by atoms with Gasteiger partial charge in [0, 0.05) is 43.5 Å². The van der Waals surface area contributed by atoms with Crippen molar-refractivity contribution in [3.8, 4) is 0 Å². The highest BCUT2D eigenvalue weighted by Gasteiger charge is 2.22. The lowest BCUT2D eigenvalue weighted by Crippen LogP contribution is -2.31. The minimum atomic E-state index is 0.178. The van der Waals surface area contributed by atoms with E-state index in [9.17, 15) is 4.79 Å². The van der Waals surface area contributed by atoms with Crippen LogP contribution < -0.4 is 5.73 Å². The van der Waals surface area contributed by atoms with Gasteiger partial charge in [0.05, 0.1) is 0 Å². The molecule has 2 rings (SSSR count). The van der Waals surface area contributed by atoms with Gasteiger partial charge in [-0.05, 0) is 51.7 Å². The summed E-state index contributed by atoms with van der Waals surface area (Å²) in [5, 5.41) is 0. The Balaban J connectivity index is 2.09. The summed E-state index contributed by atoms with van der Waals surface area (Å²) >= 11 is 0. The summed E-state index contributed by atoms with van der Waals surface area (Å²) in [6, 6.07) is 2.39. The Morgan fingerprint density at radius 1 is 1.45 bits per heavy atom. The monoisotopic (exact) mass is 277 g/mol. The third-order valence-electron chi connectivity index (χ3n) is 4.44. The minimum Gasteiger partial charge on any atom is -0.348 e. The molecule has 0 spiro atoms. The summed E-state index contributed by atoms with van der Waals surface area (Å²) in [5.74, 6) is 0.247. The van der Waals surface area contributed by atoms with Crippen molar-refractivity contribution in [1.82, 2.24) is 9.47 Å². The molecule has 0 saturated carbocycles. The second kappa shape index (κ2) is 6.44. The van der Waals surface area contributed by atoms with Crippen molar-refractivity contribution in [2.45, 2.75) is 59.0 Å². The predicted octanol–water partition coefficient (Wildman–Crippen LogP) is 2.39. The molecule has 1 aliphatic carbocycles. The van der Waals surface area contributed by atoms with Crippen LogP contribution in [0.5, 0.6) is 0 Å². The maximum Gasteiger partial charge on any atom is 0.224 e. The molecule has 0 bridgehead atoms. The Bertz CT molecular complexity index is 474. The number of carbonyl (C=O) groups excluding carboxylic acids is 1. The zero-order valence-electron chi connectivity index (χ0n) is 13.0. The standard InChI is InChI=1S/C16H27N3O/c1-4-18(5-2)16(20)9-10-19-12(3)11-13-14(17)7-6-8-15(13)19/h11,14H,4-10,17H2,1-3H3. The van der Waals surface area contributed by atoms with E-state index in [1.807, 2.05) is 18.7 Å². The topological polar surface area (TPSA) is 51.3 Å². The first kappa shape index (κ1) is 15.1. The zero-order chi connectivity index (χ0) is 14.7. The van der Waals surface area contributed by atoms with E-state index in [1.54, 1.807) is 0 Å². The SMILES string of the molecule is CCN(CC)C(=O)CCn1c(C)cc2c1CCCC2N. The largest absolute Gasteiger partial charge is 0.348 e. The van der Waals surface area contributed by atoms with Crippen LogP contribution in [0.15, 0.2) is 6.07 Å². The lowest BCUT2D eigenvalue weighted by molar-refractivity contribution is -0.131. The number of carbonyl (C=O) groups is 1. The lowest BCUT2D eigenvalue weighted by atomic mass is 9.93. The van der Waals surface area contributed by atoms with Crippen LogP contribution in [0.1, 0.15) is 56.1 Å². The predicted molar refractivity (Wildman–Crippen MR) is 81.6 cm³/mol. The Morgan fingerprint density at radius 3 is 2.80 bits per heavy atom. The first-order valence-electron chi connectivity index (χ1n) is 7.80. The average Bonchev–Trinajstić information content (AvgIpc) is 2.75. The highest BCUT2D eigenvalue weighted by Crippen LogP contribution is 2.30. The van der Waals surface area contributed by atoms with E-state index in [2.05, 4.69) is 17.6 Å². The minimum absolute atomic E-state index is 0.178. The van der Waals surface area contributed by atoms with Gasteiger partial charge in [0.2, 0.25) is 5.91 Å². The van der Waals surface area contributed by atoms with Gasteiger partial charge in [0.15, 0.2) is 0 Å². The average molecular weight is 277 g/mol. The number of fused-ring (bicyclic) bond motifs is 1.